The summed E-state index contributed by atoms with van der Waals surface area (Å²) in [5.74, 6) is 1.31. The lowest BCUT2D eigenvalue weighted by Gasteiger charge is -2.28. The first-order chi connectivity index (χ1) is 15.5. The Balaban J connectivity index is 1.74. The van der Waals surface area contributed by atoms with E-state index in [1.807, 2.05) is 42.3 Å². The van der Waals surface area contributed by atoms with E-state index in [9.17, 15) is 9.59 Å². The number of carbonyl (C=O) groups excluding carboxylic acids is 2. The predicted molar refractivity (Wildman–Crippen MR) is 124 cm³/mol. The van der Waals surface area contributed by atoms with E-state index in [-0.39, 0.29) is 25.2 Å². The van der Waals surface area contributed by atoms with Crippen molar-refractivity contribution in [3.05, 3.63) is 45.6 Å². The summed E-state index contributed by atoms with van der Waals surface area (Å²) < 4.78 is 16.3. The van der Waals surface area contributed by atoms with E-state index in [1.165, 1.54) is 0 Å². The van der Waals surface area contributed by atoms with Gasteiger partial charge in [0, 0.05) is 37.6 Å². The van der Waals surface area contributed by atoms with E-state index in [0.29, 0.717) is 51.4 Å². The molecule has 0 radical (unpaired) electrons. The van der Waals surface area contributed by atoms with Gasteiger partial charge in [0.25, 0.3) is 0 Å². The first kappa shape index (κ1) is 24.1. The first-order valence-corrected chi connectivity index (χ1v) is 11.9. The number of ether oxygens (including phenoxy) is 3. The van der Waals surface area contributed by atoms with Gasteiger partial charge in [-0.25, -0.2) is 0 Å². The molecule has 1 aliphatic heterocycles. The van der Waals surface area contributed by atoms with Gasteiger partial charge < -0.3 is 24.0 Å². The van der Waals surface area contributed by atoms with Crippen molar-refractivity contribution in [1.82, 2.24) is 9.80 Å². The van der Waals surface area contributed by atoms with Crippen molar-refractivity contribution in [3.63, 3.8) is 0 Å². The number of thiophene rings is 1. The maximum atomic E-state index is 13.4. The van der Waals surface area contributed by atoms with Crippen molar-refractivity contribution in [3.8, 4) is 11.5 Å². The highest BCUT2D eigenvalue weighted by molar-refractivity contribution is 7.10. The first-order valence-electron chi connectivity index (χ1n) is 11.1. The molecule has 0 N–H and O–H groups in total. The molecule has 32 heavy (non-hydrogen) atoms. The van der Waals surface area contributed by atoms with Crippen molar-refractivity contribution in [2.75, 3.05) is 33.1 Å². The van der Waals surface area contributed by atoms with Crippen molar-refractivity contribution >= 4 is 23.2 Å². The molecule has 0 bridgehead atoms. The Morgan fingerprint density at radius 2 is 1.88 bits per heavy atom. The second-order valence-electron chi connectivity index (χ2n) is 7.68. The molecule has 1 aromatic carbocycles. The summed E-state index contributed by atoms with van der Waals surface area (Å²) in [6.07, 6.45) is 1.08. The van der Waals surface area contributed by atoms with Gasteiger partial charge in [-0.3, -0.25) is 9.59 Å². The molecule has 0 fully saturated rings. The van der Waals surface area contributed by atoms with E-state index in [4.69, 9.17) is 14.2 Å². The number of rotatable bonds is 12. The summed E-state index contributed by atoms with van der Waals surface area (Å²) in [7, 11) is 0. The van der Waals surface area contributed by atoms with Crippen molar-refractivity contribution < 1.29 is 23.8 Å². The molecular formula is C24H32N2O5S. The zero-order valence-electron chi connectivity index (χ0n) is 19.1. The van der Waals surface area contributed by atoms with Crippen LogP contribution >= 0.6 is 11.3 Å². The van der Waals surface area contributed by atoms with E-state index in [0.717, 1.165) is 21.8 Å². The van der Waals surface area contributed by atoms with Gasteiger partial charge in [-0.05, 0) is 55.0 Å². The number of hydrogen-bond donors (Lipinski definition) is 0. The third-order valence-electron chi connectivity index (χ3n) is 5.37. The SMILES string of the molecule is CCOCCCN(CC(=O)N(Cc1ccc2c(c1)OCO2)Cc1sccc1C)C(=O)CC. The largest absolute Gasteiger partial charge is 0.454 e. The number of benzene rings is 1. The third-order valence-corrected chi connectivity index (χ3v) is 6.38. The Morgan fingerprint density at radius 1 is 1.06 bits per heavy atom. The average Bonchev–Trinajstić information content (AvgIpc) is 3.43. The quantitative estimate of drug-likeness (QED) is 0.448. The lowest BCUT2D eigenvalue weighted by molar-refractivity contribution is -0.141. The lowest BCUT2D eigenvalue weighted by Crippen LogP contribution is -2.42. The van der Waals surface area contributed by atoms with Crippen molar-refractivity contribution in [1.29, 1.82) is 0 Å². The minimum absolute atomic E-state index is 0.0230. The Bertz CT molecular complexity index is 914. The summed E-state index contributed by atoms with van der Waals surface area (Å²) in [5, 5.41) is 2.04. The average molecular weight is 461 g/mol. The molecule has 2 heterocycles. The molecule has 174 valence electrons. The van der Waals surface area contributed by atoms with Crippen LogP contribution in [0, 0.1) is 6.92 Å². The van der Waals surface area contributed by atoms with Crippen LogP contribution in [0.5, 0.6) is 11.5 Å². The molecule has 1 aromatic heterocycles. The van der Waals surface area contributed by atoms with Crippen molar-refractivity contribution in [2.24, 2.45) is 0 Å². The fourth-order valence-corrected chi connectivity index (χ4v) is 4.43. The number of nitrogens with zero attached hydrogens (tertiary/aromatic N) is 2. The van der Waals surface area contributed by atoms with Gasteiger partial charge in [-0.15, -0.1) is 11.3 Å². The van der Waals surface area contributed by atoms with Crippen LogP contribution in [0.3, 0.4) is 0 Å². The Labute approximate surface area is 193 Å². The number of carbonyl (C=O) groups is 2. The highest BCUT2D eigenvalue weighted by atomic mass is 32.1. The monoisotopic (exact) mass is 460 g/mol. The molecule has 0 saturated carbocycles. The smallest absolute Gasteiger partial charge is 0.242 e. The van der Waals surface area contributed by atoms with Gasteiger partial charge in [-0.2, -0.15) is 0 Å². The predicted octanol–water partition coefficient (Wildman–Crippen LogP) is 3.98. The minimum Gasteiger partial charge on any atom is -0.454 e. The molecular weight excluding hydrogens is 428 g/mol. The Morgan fingerprint density at radius 3 is 2.59 bits per heavy atom. The lowest BCUT2D eigenvalue weighted by atomic mass is 10.1. The topological polar surface area (TPSA) is 68.3 Å². The zero-order valence-corrected chi connectivity index (χ0v) is 19.9. The number of aryl methyl sites for hydroxylation is 1. The number of hydrogen-bond acceptors (Lipinski definition) is 6. The van der Waals surface area contributed by atoms with E-state index in [1.54, 1.807) is 16.2 Å². The van der Waals surface area contributed by atoms with Crippen LogP contribution in [-0.2, 0) is 27.4 Å². The molecule has 3 rings (SSSR count). The van der Waals surface area contributed by atoms with Gasteiger partial charge in [-0.1, -0.05) is 13.0 Å². The van der Waals surface area contributed by atoms with Gasteiger partial charge >= 0.3 is 0 Å². The van der Waals surface area contributed by atoms with Gasteiger partial charge in [0.2, 0.25) is 18.6 Å². The number of amides is 2. The highest BCUT2D eigenvalue weighted by Gasteiger charge is 2.23. The molecule has 0 saturated heterocycles. The fraction of sp³-hybridized carbons (Fsp3) is 0.500. The summed E-state index contributed by atoms with van der Waals surface area (Å²) in [6.45, 7) is 8.76. The molecule has 0 atom stereocenters. The summed E-state index contributed by atoms with van der Waals surface area (Å²) >= 11 is 1.64. The number of fused-ring (bicyclic) bond motifs is 1. The summed E-state index contributed by atoms with van der Waals surface area (Å²) in [5.41, 5.74) is 2.12. The van der Waals surface area contributed by atoms with Crippen LogP contribution in [0.1, 0.15) is 42.7 Å². The molecule has 0 unspecified atom stereocenters. The standard InChI is InChI=1S/C24H32N2O5S/c1-4-23(27)25(10-6-11-29-5-2)16-24(28)26(15-22-18(3)9-12-32-22)14-19-7-8-20-21(13-19)31-17-30-20/h7-9,12-13H,4-6,10-11,14-17H2,1-3H3. The normalized spacial score (nSPS) is 12.1. The second-order valence-corrected chi connectivity index (χ2v) is 8.68. The van der Waals surface area contributed by atoms with Gasteiger partial charge in [0.05, 0.1) is 13.1 Å². The third kappa shape index (κ3) is 6.46. The molecule has 0 aliphatic carbocycles. The molecule has 2 aromatic rings. The van der Waals surface area contributed by atoms with Crippen LogP contribution in [0.4, 0.5) is 0 Å². The molecule has 1 aliphatic rings. The van der Waals surface area contributed by atoms with Crippen LogP contribution in [0.2, 0.25) is 0 Å². The van der Waals surface area contributed by atoms with Crippen LogP contribution < -0.4 is 9.47 Å². The van der Waals surface area contributed by atoms with E-state index in [2.05, 4.69) is 13.0 Å². The van der Waals surface area contributed by atoms with Crippen LogP contribution in [0.15, 0.2) is 29.6 Å². The Kier molecular flexibility index (Phi) is 8.93. The second kappa shape index (κ2) is 11.9. The van der Waals surface area contributed by atoms with Crippen LogP contribution in [-0.4, -0.2) is 54.7 Å². The van der Waals surface area contributed by atoms with Crippen LogP contribution in [0.25, 0.3) is 0 Å². The molecule has 0 spiro atoms. The zero-order chi connectivity index (χ0) is 22.9. The van der Waals surface area contributed by atoms with E-state index < -0.39 is 0 Å². The maximum Gasteiger partial charge on any atom is 0.242 e. The molecule has 8 heteroatoms. The van der Waals surface area contributed by atoms with Crippen molar-refractivity contribution in [2.45, 2.75) is 46.7 Å². The summed E-state index contributed by atoms with van der Waals surface area (Å²) in [4.78, 5) is 30.5. The Hall–Kier alpha value is -2.58. The van der Waals surface area contributed by atoms with E-state index >= 15 is 0 Å². The molecule has 2 amide bonds. The van der Waals surface area contributed by atoms with Gasteiger partial charge in [0.15, 0.2) is 11.5 Å². The maximum absolute atomic E-state index is 13.4. The summed E-state index contributed by atoms with van der Waals surface area (Å²) in [6, 6.07) is 7.80. The van der Waals surface area contributed by atoms with Gasteiger partial charge in [0.1, 0.15) is 0 Å². The minimum atomic E-state index is -0.0753. The molecule has 7 nitrogen and oxygen atoms in total. The highest BCUT2D eigenvalue weighted by Crippen LogP contribution is 2.33. The fourth-order valence-electron chi connectivity index (χ4n) is 3.51.